The van der Waals surface area contributed by atoms with Crippen molar-refractivity contribution in [3.63, 3.8) is 0 Å². The quantitative estimate of drug-likeness (QED) is 0.864. The summed E-state index contributed by atoms with van der Waals surface area (Å²) in [5.41, 5.74) is 2.55. The molecule has 1 unspecified atom stereocenters. The van der Waals surface area contributed by atoms with E-state index in [4.69, 9.17) is 5.73 Å². The summed E-state index contributed by atoms with van der Waals surface area (Å²) >= 11 is -0.152. The van der Waals surface area contributed by atoms with Crippen molar-refractivity contribution in [2.24, 2.45) is 0 Å². The van der Waals surface area contributed by atoms with Crippen LogP contribution in [0.15, 0.2) is 23.1 Å². The normalized spacial score (nSPS) is 13.6. The minimum Gasteiger partial charge on any atom is -0.399 e. The van der Waals surface area contributed by atoms with Crippen molar-refractivity contribution in [1.82, 2.24) is 0 Å². The van der Waals surface area contributed by atoms with Gasteiger partial charge >= 0.3 is 5.51 Å². The van der Waals surface area contributed by atoms with Crippen LogP contribution in [0.2, 0.25) is 0 Å². The van der Waals surface area contributed by atoms with E-state index in [0.29, 0.717) is 10.6 Å². The zero-order valence-corrected chi connectivity index (χ0v) is 10.7. The average Bonchev–Trinajstić information content (AvgIpc) is 2.15. The predicted molar refractivity (Wildman–Crippen MR) is 65.4 cm³/mol. The van der Waals surface area contributed by atoms with Crippen LogP contribution in [0.25, 0.3) is 0 Å². The van der Waals surface area contributed by atoms with E-state index in [2.05, 4.69) is 0 Å². The van der Waals surface area contributed by atoms with Crippen LogP contribution in [-0.4, -0.2) is 21.2 Å². The Morgan fingerprint density at radius 1 is 1.41 bits per heavy atom. The second-order valence-electron chi connectivity index (χ2n) is 3.37. The lowest BCUT2D eigenvalue weighted by Gasteiger charge is -2.08. The molecular weight excluding hydrogens is 271 g/mol. The molecule has 17 heavy (non-hydrogen) atoms. The molecule has 96 valence electrons. The standard InChI is InChI=1S/C10H12F3NOS2/c1-7-6-8(14)2-3-9(7)17(15)5-4-16-10(11,12)13/h2-3,6H,4-5,14H2,1H3. The lowest BCUT2D eigenvalue weighted by molar-refractivity contribution is -0.0326. The first-order chi connectivity index (χ1) is 7.79. The van der Waals surface area contributed by atoms with E-state index in [-0.39, 0.29) is 23.3 Å². The molecule has 0 spiro atoms. The van der Waals surface area contributed by atoms with Gasteiger partial charge in [0.05, 0.1) is 10.8 Å². The molecular formula is C10H12F3NOS2. The van der Waals surface area contributed by atoms with Gasteiger partial charge in [0.1, 0.15) is 0 Å². The SMILES string of the molecule is Cc1cc(N)ccc1S(=O)CCSC(F)(F)F. The topological polar surface area (TPSA) is 43.1 Å². The van der Waals surface area contributed by atoms with Crippen LogP contribution in [0, 0.1) is 6.92 Å². The van der Waals surface area contributed by atoms with Crippen molar-refractivity contribution >= 4 is 28.2 Å². The Labute approximate surface area is 104 Å². The van der Waals surface area contributed by atoms with Crippen LogP contribution < -0.4 is 5.73 Å². The van der Waals surface area contributed by atoms with E-state index in [0.717, 1.165) is 5.56 Å². The molecule has 0 aromatic heterocycles. The summed E-state index contributed by atoms with van der Waals surface area (Å²) in [5.74, 6) is -0.227. The van der Waals surface area contributed by atoms with Gasteiger partial charge in [0.15, 0.2) is 0 Å². The first-order valence-electron chi connectivity index (χ1n) is 4.75. The van der Waals surface area contributed by atoms with E-state index in [1.54, 1.807) is 25.1 Å². The van der Waals surface area contributed by atoms with Crippen LogP contribution in [0.1, 0.15) is 5.56 Å². The number of anilines is 1. The predicted octanol–water partition coefficient (Wildman–Crippen LogP) is 2.94. The molecule has 0 bridgehead atoms. The number of nitrogen functional groups attached to an aromatic ring is 1. The largest absolute Gasteiger partial charge is 0.441 e. The van der Waals surface area contributed by atoms with Gasteiger partial charge in [-0.2, -0.15) is 13.2 Å². The molecule has 0 heterocycles. The molecule has 0 fully saturated rings. The Balaban J connectivity index is 2.59. The maximum atomic E-state index is 11.9. The molecule has 0 aliphatic carbocycles. The smallest absolute Gasteiger partial charge is 0.399 e. The van der Waals surface area contributed by atoms with Crippen LogP contribution in [0.3, 0.4) is 0 Å². The summed E-state index contributed by atoms with van der Waals surface area (Å²) in [5, 5.41) is 0. The van der Waals surface area contributed by atoms with Gasteiger partial charge in [-0.3, -0.25) is 4.21 Å². The van der Waals surface area contributed by atoms with Crippen molar-refractivity contribution in [2.45, 2.75) is 17.3 Å². The van der Waals surface area contributed by atoms with Crippen LogP contribution in [0.4, 0.5) is 18.9 Å². The lowest BCUT2D eigenvalue weighted by Crippen LogP contribution is -2.08. The van der Waals surface area contributed by atoms with Crippen molar-refractivity contribution in [3.8, 4) is 0 Å². The molecule has 0 radical (unpaired) electrons. The maximum absolute atomic E-state index is 11.9. The van der Waals surface area contributed by atoms with Gasteiger partial charge in [0.25, 0.3) is 0 Å². The number of halogens is 3. The fourth-order valence-corrected chi connectivity index (χ4v) is 3.30. The molecule has 1 aromatic rings. The van der Waals surface area contributed by atoms with E-state index >= 15 is 0 Å². The number of benzene rings is 1. The van der Waals surface area contributed by atoms with Gasteiger partial charge in [-0.05, 0) is 30.7 Å². The summed E-state index contributed by atoms with van der Waals surface area (Å²) in [6.45, 7) is 1.74. The van der Waals surface area contributed by atoms with Crippen LogP contribution >= 0.6 is 11.8 Å². The Hall–Kier alpha value is -0.690. The fourth-order valence-electron chi connectivity index (χ4n) is 1.27. The van der Waals surface area contributed by atoms with Gasteiger partial charge in [-0.15, -0.1) is 0 Å². The van der Waals surface area contributed by atoms with Crippen molar-refractivity contribution in [3.05, 3.63) is 23.8 Å². The first-order valence-corrected chi connectivity index (χ1v) is 7.05. The minimum absolute atomic E-state index is 0.0189. The summed E-state index contributed by atoms with van der Waals surface area (Å²) in [4.78, 5) is 0.543. The van der Waals surface area contributed by atoms with Crippen LogP contribution in [-0.2, 0) is 10.8 Å². The van der Waals surface area contributed by atoms with E-state index < -0.39 is 16.3 Å². The Bertz CT molecular complexity index is 421. The Morgan fingerprint density at radius 3 is 2.59 bits per heavy atom. The monoisotopic (exact) mass is 283 g/mol. The summed E-state index contributed by atoms with van der Waals surface area (Å²) in [7, 11) is -1.41. The molecule has 1 atom stereocenters. The highest BCUT2D eigenvalue weighted by atomic mass is 32.2. The molecule has 0 amide bonds. The molecule has 0 aliphatic rings. The number of nitrogens with two attached hydrogens (primary N) is 1. The molecule has 0 saturated carbocycles. The zero-order valence-electron chi connectivity index (χ0n) is 9.08. The van der Waals surface area contributed by atoms with E-state index in [1.807, 2.05) is 0 Å². The van der Waals surface area contributed by atoms with Gasteiger partial charge in [-0.1, -0.05) is 11.8 Å². The maximum Gasteiger partial charge on any atom is 0.441 e. The van der Waals surface area contributed by atoms with Gasteiger partial charge in [-0.25, -0.2) is 0 Å². The number of thioether (sulfide) groups is 1. The average molecular weight is 283 g/mol. The summed E-state index contributed by atoms with van der Waals surface area (Å²) < 4.78 is 47.4. The van der Waals surface area contributed by atoms with E-state index in [1.165, 1.54) is 0 Å². The first kappa shape index (κ1) is 14.4. The molecule has 0 saturated heterocycles. The van der Waals surface area contributed by atoms with E-state index in [9.17, 15) is 17.4 Å². The van der Waals surface area contributed by atoms with Gasteiger partial charge in [0.2, 0.25) is 0 Å². The highest BCUT2D eigenvalue weighted by Gasteiger charge is 2.27. The van der Waals surface area contributed by atoms with Gasteiger partial charge in [0, 0.05) is 22.1 Å². The molecule has 2 nitrogen and oxygen atoms in total. The molecule has 2 N–H and O–H groups in total. The fraction of sp³-hybridized carbons (Fsp3) is 0.400. The summed E-state index contributed by atoms with van der Waals surface area (Å²) in [6, 6.07) is 4.85. The van der Waals surface area contributed by atoms with Crippen molar-refractivity contribution in [1.29, 1.82) is 0 Å². The zero-order chi connectivity index (χ0) is 13.1. The van der Waals surface area contributed by atoms with Crippen LogP contribution in [0.5, 0.6) is 0 Å². The van der Waals surface area contributed by atoms with Crippen molar-refractivity contribution in [2.75, 3.05) is 17.2 Å². The molecule has 7 heteroatoms. The number of rotatable bonds is 4. The Morgan fingerprint density at radius 2 is 2.06 bits per heavy atom. The number of hydrogen-bond donors (Lipinski definition) is 1. The third kappa shape index (κ3) is 4.99. The number of alkyl halides is 3. The minimum atomic E-state index is -4.26. The number of aryl methyl sites for hydroxylation is 1. The lowest BCUT2D eigenvalue weighted by atomic mass is 10.2. The van der Waals surface area contributed by atoms with Crippen molar-refractivity contribution < 1.29 is 17.4 Å². The van der Waals surface area contributed by atoms with Gasteiger partial charge < -0.3 is 5.73 Å². The molecule has 0 aliphatic heterocycles. The Kier molecular flexibility index (Phi) is 4.88. The summed E-state index contributed by atoms with van der Waals surface area (Å²) in [6.07, 6.45) is 0. The third-order valence-corrected chi connectivity index (χ3v) is 4.50. The molecule has 1 rings (SSSR count). The second kappa shape index (κ2) is 5.77. The second-order valence-corrected chi connectivity index (χ2v) is 6.07. The third-order valence-electron chi connectivity index (χ3n) is 1.98. The number of hydrogen-bond acceptors (Lipinski definition) is 3. The molecule has 1 aromatic carbocycles. The highest BCUT2D eigenvalue weighted by molar-refractivity contribution is 8.00. The highest BCUT2D eigenvalue weighted by Crippen LogP contribution is 2.30.